The maximum atomic E-state index is 6.04. The van der Waals surface area contributed by atoms with Crippen molar-refractivity contribution in [1.29, 1.82) is 0 Å². The molecule has 0 aliphatic carbocycles. The Balaban J connectivity index is 1.92. The van der Waals surface area contributed by atoms with Gasteiger partial charge in [-0.2, -0.15) is 0 Å². The first-order valence-electron chi connectivity index (χ1n) is 7.23. The molecule has 0 aromatic heterocycles. The van der Waals surface area contributed by atoms with Crippen molar-refractivity contribution in [3.63, 3.8) is 0 Å². The molecule has 2 aromatic carbocycles. The molecule has 0 bridgehead atoms. The molecule has 2 atom stereocenters. The van der Waals surface area contributed by atoms with E-state index in [0.717, 1.165) is 17.2 Å². The summed E-state index contributed by atoms with van der Waals surface area (Å²) in [5.41, 5.74) is 2.51. The van der Waals surface area contributed by atoms with Crippen molar-refractivity contribution >= 4 is 11.6 Å². The number of benzene rings is 2. The summed E-state index contributed by atoms with van der Waals surface area (Å²) in [7, 11) is 1.69. The Morgan fingerprint density at radius 3 is 2.43 bits per heavy atom. The number of rotatable bonds is 6. The third-order valence-electron chi connectivity index (χ3n) is 3.58. The zero-order chi connectivity index (χ0) is 15.2. The van der Waals surface area contributed by atoms with E-state index in [0.29, 0.717) is 6.04 Å². The van der Waals surface area contributed by atoms with Gasteiger partial charge in [0.15, 0.2) is 0 Å². The van der Waals surface area contributed by atoms with Crippen molar-refractivity contribution in [3.8, 4) is 5.75 Å². The number of hydrogen-bond donors (Lipinski definition) is 1. The zero-order valence-electron chi connectivity index (χ0n) is 12.8. The van der Waals surface area contributed by atoms with Gasteiger partial charge in [0.1, 0.15) is 5.75 Å². The molecule has 2 aromatic rings. The Morgan fingerprint density at radius 2 is 1.81 bits per heavy atom. The van der Waals surface area contributed by atoms with Crippen molar-refractivity contribution in [2.24, 2.45) is 0 Å². The second-order valence-electron chi connectivity index (χ2n) is 5.40. The molecule has 3 heteroatoms. The van der Waals surface area contributed by atoms with Crippen LogP contribution in [0.1, 0.15) is 31.0 Å². The SMILES string of the molecule is COc1ccc(CC(C)N[C@H](C)c2cccc(Cl)c2)cc1. The Hall–Kier alpha value is -1.51. The molecular formula is C18H22ClNO. The van der Waals surface area contributed by atoms with Gasteiger partial charge in [-0.1, -0.05) is 35.9 Å². The van der Waals surface area contributed by atoms with E-state index in [1.165, 1.54) is 11.1 Å². The lowest BCUT2D eigenvalue weighted by Crippen LogP contribution is -2.30. The van der Waals surface area contributed by atoms with Crippen LogP contribution < -0.4 is 10.1 Å². The van der Waals surface area contributed by atoms with Gasteiger partial charge in [0, 0.05) is 17.1 Å². The maximum Gasteiger partial charge on any atom is 0.118 e. The van der Waals surface area contributed by atoms with Gasteiger partial charge in [0.2, 0.25) is 0 Å². The van der Waals surface area contributed by atoms with Gasteiger partial charge in [-0.05, 0) is 55.7 Å². The number of hydrogen-bond acceptors (Lipinski definition) is 2. The molecule has 1 unspecified atom stereocenters. The van der Waals surface area contributed by atoms with Gasteiger partial charge in [0.05, 0.1) is 7.11 Å². The van der Waals surface area contributed by atoms with Crippen LogP contribution in [-0.4, -0.2) is 13.2 Å². The maximum absolute atomic E-state index is 6.04. The molecule has 0 aliphatic rings. The van der Waals surface area contributed by atoms with Gasteiger partial charge >= 0.3 is 0 Å². The second kappa shape index (κ2) is 7.48. The molecule has 2 rings (SSSR count). The minimum absolute atomic E-state index is 0.275. The first-order chi connectivity index (χ1) is 10.1. The lowest BCUT2D eigenvalue weighted by Gasteiger charge is -2.21. The summed E-state index contributed by atoms with van der Waals surface area (Å²) < 4.78 is 5.18. The van der Waals surface area contributed by atoms with Crippen molar-refractivity contribution in [1.82, 2.24) is 5.32 Å². The molecule has 0 heterocycles. The summed E-state index contributed by atoms with van der Waals surface area (Å²) >= 11 is 6.04. The molecule has 0 aliphatic heterocycles. The first-order valence-corrected chi connectivity index (χ1v) is 7.60. The summed E-state index contributed by atoms with van der Waals surface area (Å²) in [5, 5.41) is 4.39. The van der Waals surface area contributed by atoms with E-state index in [1.807, 2.05) is 30.3 Å². The Labute approximate surface area is 132 Å². The highest BCUT2D eigenvalue weighted by atomic mass is 35.5. The molecule has 21 heavy (non-hydrogen) atoms. The fraction of sp³-hybridized carbons (Fsp3) is 0.333. The van der Waals surface area contributed by atoms with Crippen LogP contribution in [0.2, 0.25) is 5.02 Å². The predicted molar refractivity (Wildman–Crippen MR) is 89.2 cm³/mol. The van der Waals surface area contributed by atoms with Gasteiger partial charge in [-0.25, -0.2) is 0 Å². The van der Waals surface area contributed by atoms with E-state index in [1.54, 1.807) is 7.11 Å². The molecule has 1 N–H and O–H groups in total. The third kappa shape index (κ3) is 4.76. The predicted octanol–water partition coefficient (Wildman–Crippen LogP) is 4.63. The summed E-state index contributed by atoms with van der Waals surface area (Å²) in [4.78, 5) is 0. The molecule has 2 nitrogen and oxygen atoms in total. The Morgan fingerprint density at radius 1 is 1.10 bits per heavy atom. The summed E-state index contributed by atoms with van der Waals surface area (Å²) in [6.45, 7) is 4.36. The fourth-order valence-corrected chi connectivity index (χ4v) is 2.67. The molecule has 0 amide bonds. The minimum Gasteiger partial charge on any atom is -0.497 e. The van der Waals surface area contributed by atoms with Gasteiger partial charge < -0.3 is 10.1 Å². The Kier molecular flexibility index (Phi) is 5.66. The third-order valence-corrected chi connectivity index (χ3v) is 3.82. The largest absolute Gasteiger partial charge is 0.497 e. The number of ether oxygens (including phenoxy) is 1. The number of halogens is 1. The van der Waals surface area contributed by atoms with Crippen LogP contribution in [0.25, 0.3) is 0 Å². The van der Waals surface area contributed by atoms with E-state index >= 15 is 0 Å². The molecule has 0 fully saturated rings. The Bertz CT molecular complexity index is 568. The zero-order valence-corrected chi connectivity index (χ0v) is 13.5. The standard InChI is InChI=1S/C18H22ClNO/c1-13(11-15-7-9-18(21-3)10-8-15)20-14(2)16-5-4-6-17(19)12-16/h4-10,12-14,20H,11H2,1-3H3/t13?,14-/m1/s1. The summed E-state index contributed by atoms with van der Waals surface area (Å²) in [6.07, 6.45) is 0.981. The minimum atomic E-state index is 0.275. The average molecular weight is 304 g/mol. The van der Waals surface area contributed by atoms with E-state index in [4.69, 9.17) is 16.3 Å². The van der Waals surface area contributed by atoms with E-state index in [9.17, 15) is 0 Å². The molecule has 0 radical (unpaired) electrons. The van der Waals surface area contributed by atoms with Crippen molar-refractivity contribution < 1.29 is 4.74 Å². The van der Waals surface area contributed by atoms with E-state index < -0.39 is 0 Å². The van der Waals surface area contributed by atoms with Crippen molar-refractivity contribution in [2.75, 3.05) is 7.11 Å². The topological polar surface area (TPSA) is 21.3 Å². The quantitative estimate of drug-likeness (QED) is 0.840. The van der Waals surface area contributed by atoms with Crippen molar-refractivity contribution in [3.05, 3.63) is 64.7 Å². The first kappa shape index (κ1) is 15.9. The van der Waals surface area contributed by atoms with Crippen LogP contribution in [-0.2, 0) is 6.42 Å². The normalized spacial score (nSPS) is 13.7. The monoisotopic (exact) mass is 303 g/mol. The van der Waals surface area contributed by atoms with Crippen LogP contribution in [0.15, 0.2) is 48.5 Å². The van der Waals surface area contributed by atoms with E-state index in [-0.39, 0.29) is 6.04 Å². The summed E-state index contributed by atoms with van der Waals surface area (Å²) in [6, 6.07) is 16.9. The van der Waals surface area contributed by atoms with Crippen LogP contribution in [0, 0.1) is 0 Å². The van der Waals surface area contributed by atoms with Crippen LogP contribution in [0.5, 0.6) is 5.75 Å². The van der Waals surface area contributed by atoms with Crippen LogP contribution >= 0.6 is 11.6 Å². The molecule has 0 spiro atoms. The van der Waals surface area contributed by atoms with E-state index in [2.05, 4.69) is 37.4 Å². The van der Waals surface area contributed by atoms with Crippen LogP contribution in [0.3, 0.4) is 0 Å². The lowest BCUT2D eigenvalue weighted by molar-refractivity contribution is 0.414. The van der Waals surface area contributed by atoms with Gasteiger partial charge in [-0.15, -0.1) is 0 Å². The highest BCUT2D eigenvalue weighted by molar-refractivity contribution is 6.30. The molecule has 112 valence electrons. The summed E-state index contributed by atoms with van der Waals surface area (Å²) in [5.74, 6) is 0.895. The average Bonchev–Trinajstić information content (AvgIpc) is 2.48. The number of methoxy groups -OCH3 is 1. The van der Waals surface area contributed by atoms with Gasteiger partial charge in [0.25, 0.3) is 0 Å². The second-order valence-corrected chi connectivity index (χ2v) is 5.83. The molecular weight excluding hydrogens is 282 g/mol. The number of nitrogens with one attached hydrogen (secondary N) is 1. The van der Waals surface area contributed by atoms with Crippen LogP contribution in [0.4, 0.5) is 0 Å². The molecule has 0 saturated carbocycles. The van der Waals surface area contributed by atoms with Crippen molar-refractivity contribution in [2.45, 2.75) is 32.4 Å². The fourth-order valence-electron chi connectivity index (χ4n) is 2.47. The molecule has 0 saturated heterocycles. The van der Waals surface area contributed by atoms with Gasteiger partial charge in [-0.3, -0.25) is 0 Å². The highest BCUT2D eigenvalue weighted by Gasteiger charge is 2.10. The lowest BCUT2D eigenvalue weighted by atomic mass is 10.0. The highest BCUT2D eigenvalue weighted by Crippen LogP contribution is 2.19. The smallest absolute Gasteiger partial charge is 0.118 e.